The number of nitrogens with one attached hydrogen (secondary N) is 2. The van der Waals surface area contributed by atoms with E-state index in [4.69, 9.17) is 5.11 Å². The van der Waals surface area contributed by atoms with Crippen molar-refractivity contribution in [2.24, 2.45) is 0 Å². The van der Waals surface area contributed by atoms with Gasteiger partial charge in [-0.15, -0.1) is 0 Å². The van der Waals surface area contributed by atoms with Crippen LogP contribution in [0, 0.1) is 11.8 Å². The fourth-order valence-corrected chi connectivity index (χ4v) is 1.56. The summed E-state index contributed by atoms with van der Waals surface area (Å²) < 4.78 is 1.04. The third kappa shape index (κ3) is 2.42. The van der Waals surface area contributed by atoms with E-state index in [9.17, 15) is 9.59 Å². The summed E-state index contributed by atoms with van der Waals surface area (Å²) in [7, 11) is 0. The van der Waals surface area contributed by atoms with Crippen LogP contribution < -0.4 is 11.4 Å². The molecule has 0 unspecified atom stereocenters. The summed E-state index contributed by atoms with van der Waals surface area (Å²) in [6.07, 6.45) is 0. The molecule has 1 aromatic carbocycles. The molecule has 3 N–H and O–H groups in total. The zero-order valence-corrected chi connectivity index (χ0v) is 9.43. The fraction of sp³-hybridized carbons (Fsp3) is 0.167. The van der Waals surface area contributed by atoms with Gasteiger partial charge in [-0.2, -0.15) is 0 Å². The van der Waals surface area contributed by atoms with E-state index in [1.165, 1.54) is 0 Å². The van der Waals surface area contributed by atoms with Gasteiger partial charge < -0.3 is 5.11 Å². The molecule has 18 heavy (non-hydrogen) atoms. The highest BCUT2D eigenvalue weighted by atomic mass is 16.2. The lowest BCUT2D eigenvalue weighted by atomic mass is 10.1. The lowest BCUT2D eigenvalue weighted by Gasteiger charge is -2.03. The first-order valence-corrected chi connectivity index (χ1v) is 5.27. The van der Waals surface area contributed by atoms with E-state index < -0.39 is 11.4 Å². The highest BCUT2D eigenvalue weighted by Gasteiger charge is 2.06. The van der Waals surface area contributed by atoms with Crippen molar-refractivity contribution in [2.45, 2.75) is 6.54 Å². The van der Waals surface area contributed by atoms with Gasteiger partial charge in [0.05, 0.1) is 6.54 Å². The average Bonchev–Trinajstić information content (AvgIpc) is 2.69. The van der Waals surface area contributed by atoms with E-state index in [-0.39, 0.29) is 13.2 Å². The quantitative estimate of drug-likeness (QED) is 0.608. The molecule has 0 aliphatic rings. The summed E-state index contributed by atoms with van der Waals surface area (Å²) >= 11 is 0. The largest absolute Gasteiger partial charge is 0.384 e. The van der Waals surface area contributed by atoms with Gasteiger partial charge in [0.2, 0.25) is 0 Å². The van der Waals surface area contributed by atoms with Gasteiger partial charge in [-0.25, -0.2) is 24.4 Å². The van der Waals surface area contributed by atoms with Crippen molar-refractivity contribution in [3.05, 3.63) is 56.4 Å². The molecule has 6 heteroatoms. The number of aliphatic hydroxyl groups is 1. The first-order chi connectivity index (χ1) is 8.72. The Morgan fingerprint density at radius 2 is 1.83 bits per heavy atom. The maximum Gasteiger partial charge on any atom is 0.344 e. The lowest BCUT2D eigenvalue weighted by molar-refractivity contribution is 0.350. The van der Waals surface area contributed by atoms with Crippen LogP contribution in [0.25, 0.3) is 0 Å². The zero-order valence-electron chi connectivity index (χ0n) is 9.43. The zero-order chi connectivity index (χ0) is 13.0. The summed E-state index contributed by atoms with van der Waals surface area (Å²) in [4.78, 5) is 22.7. The van der Waals surface area contributed by atoms with E-state index in [0.29, 0.717) is 5.56 Å². The first-order valence-electron chi connectivity index (χ1n) is 5.27. The molecule has 1 aromatic heterocycles. The monoisotopic (exact) mass is 245 g/mol. The summed E-state index contributed by atoms with van der Waals surface area (Å²) in [5.74, 6) is 5.31. The second-order valence-electron chi connectivity index (χ2n) is 3.56. The van der Waals surface area contributed by atoms with E-state index in [1.54, 1.807) is 24.3 Å². The Labute approximate surface area is 102 Å². The highest BCUT2D eigenvalue weighted by Crippen LogP contribution is 2.07. The van der Waals surface area contributed by atoms with Crippen LogP contribution in [0.3, 0.4) is 0 Å². The molecule has 0 radical (unpaired) electrons. The summed E-state index contributed by atoms with van der Waals surface area (Å²) in [5, 5.41) is 13.1. The molecule has 2 rings (SSSR count). The molecule has 2 aromatic rings. The van der Waals surface area contributed by atoms with Crippen LogP contribution in [0.15, 0.2) is 33.9 Å². The molecule has 0 saturated heterocycles. The Bertz CT molecular complexity index is 685. The molecular formula is C12H11N3O3. The van der Waals surface area contributed by atoms with Crippen LogP contribution in [0.5, 0.6) is 0 Å². The molecule has 92 valence electrons. The van der Waals surface area contributed by atoms with Crippen LogP contribution in [-0.4, -0.2) is 26.5 Å². The van der Waals surface area contributed by atoms with Crippen LogP contribution in [0.1, 0.15) is 11.1 Å². The summed E-state index contributed by atoms with van der Waals surface area (Å²) in [6, 6.07) is 7.14. The summed E-state index contributed by atoms with van der Waals surface area (Å²) in [5.41, 5.74) is 0.430. The maximum atomic E-state index is 11.4. The molecule has 0 spiro atoms. The van der Waals surface area contributed by atoms with Crippen molar-refractivity contribution in [1.29, 1.82) is 0 Å². The first kappa shape index (κ1) is 12.0. The molecule has 0 aliphatic heterocycles. The Balaban J connectivity index is 2.41. The minimum absolute atomic E-state index is 0.133. The standard InChI is InChI=1S/C12H11N3O3/c16-7-3-6-9-4-1-2-5-10(9)8-15-11(17)13-14-12(15)18/h1-2,4-5,16H,7-8H2,(H,13,17)(H,14,18). The Morgan fingerprint density at radius 1 is 1.17 bits per heavy atom. The third-order valence-electron chi connectivity index (χ3n) is 2.41. The minimum Gasteiger partial charge on any atom is -0.384 e. The Kier molecular flexibility index (Phi) is 3.46. The number of hydrogen-bond acceptors (Lipinski definition) is 3. The van der Waals surface area contributed by atoms with Crippen molar-refractivity contribution in [1.82, 2.24) is 14.8 Å². The number of aromatic amines is 2. The minimum atomic E-state index is -0.495. The van der Waals surface area contributed by atoms with Crippen LogP contribution in [0.2, 0.25) is 0 Å². The van der Waals surface area contributed by atoms with Crippen LogP contribution in [0.4, 0.5) is 0 Å². The lowest BCUT2D eigenvalue weighted by Crippen LogP contribution is -2.27. The molecule has 0 atom stereocenters. The normalized spacial score (nSPS) is 9.83. The van der Waals surface area contributed by atoms with Gasteiger partial charge in [-0.05, 0) is 11.6 Å². The number of benzene rings is 1. The number of aliphatic hydroxyl groups excluding tert-OH is 1. The molecule has 0 bridgehead atoms. The predicted octanol–water partition coefficient (Wildman–Crippen LogP) is -0.743. The second-order valence-corrected chi connectivity index (χ2v) is 3.56. The number of H-pyrrole nitrogens is 2. The van der Waals surface area contributed by atoms with Gasteiger partial charge in [-0.3, -0.25) is 0 Å². The number of hydrogen-bond donors (Lipinski definition) is 3. The van der Waals surface area contributed by atoms with E-state index >= 15 is 0 Å². The molecule has 0 saturated carbocycles. The Hall–Kier alpha value is -2.52. The van der Waals surface area contributed by atoms with Crippen molar-refractivity contribution in [3.8, 4) is 11.8 Å². The van der Waals surface area contributed by atoms with E-state index in [1.807, 2.05) is 0 Å². The van der Waals surface area contributed by atoms with Gasteiger partial charge in [0.1, 0.15) is 6.61 Å². The Morgan fingerprint density at radius 3 is 2.50 bits per heavy atom. The SMILES string of the molecule is O=c1[nH][nH]c(=O)n1Cc1ccccc1C#CCO. The summed E-state index contributed by atoms with van der Waals surface area (Å²) in [6.45, 7) is -0.104. The van der Waals surface area contributed by atoms with Crippen molar-refractivity contribution < 1.29 is 5.11 Å². The second kappa shape index (κ2) is 5.21. The van der Waals surface area contributed by atoms with Gasteiger partial charge >= 0.3 is 11.4 Å². The van der Waals surface area contributed by atoms with Crippen molar-refractivity contribution in [3.63, 3.8) is 0 Å². The molecule has 6 nitrogen and oxygen atoms in total. The molecular weight excluding hydrogens is 234 g/mol. The van der Waals surface area contributed by atoms with Crippen LogP contribution in [-0.2, 0) is 6.54 Å². The maximum absolute atomic E-state index is 11.4. The molecule has 0 fully saturated rings. The van der Waals surface area contributed by atoms with Gasteiger partial charge in [0.25, 0.3) is 0 Å². The highest BCUT2D eigenvalue weighted by molar-refractivity contribution is 5.41. The van der Waals surface area contributed by atoms with Crippen molar-refractivity contribution in [2.75, 3.05) is 6.61 Å². The van der Waals surface area contributed by atoms with E-state index in [2.05, 4.69) is 22.0 Å². The van der Waals surface area contributed by atoms with Crippen LogP contribution >= 0.6 is 0 Å². The van der Waals surface area contributed by atoms with E-state index in [0.717, 1.165) is 10.1 Å². The molecule has 0 aliphatic carbocycles. The third-order valence-corrected chi connectivity index (χ3v) is 2.41. The predicted molar refractivity (Wildman–Crippen MR) is 65.2 cm³/mol. The fourth-order valence-electron chi connectivity index (χ4n) is 1.56. The number of nitrogens with zero attached hydrogens (tertiary/aromatic N) is 1. The average molecular weight is 245 g/mol. The topological polar surface area (TPSA) is 90.9 Å². The van der Waals surface area contributed by atoms with Gasteiger partial charge in [0, 0.05) is 5.56 Å². The molecule has 1 heterocycles. The van der Waals surface area contributed by atoms with Gasteiger partial charge in [-0.1, -0.05) is 30.0 Å². The molecule has 0 amide bonds. The smallest absolute Gasteiger partial charge is 0.344 e. The van der Waals surface area contributed by atoms with Crippen molar-refractivity contribution >= 4 is 0 Å². The number of rotatable bonds is 2. The van der Waals surface area contributed by atoms with Gasteiger partial charge in [0.15, 0.2) is 0 Å². The number of aromatic nitrogens is 3.